The van der Waals surface area contributed by atoms with E-state index in [2.05, 4.69) is 28.8 Å². The van der Waals surface area contributed by atoms with Gasteiger partial charge in [-0.3, -0.25) is 0 Å². The molecule has 0 amide bonds. The molecule has 1 aromatic rings. The highest BCUT2D eigenvalue weighted by atomic mass is 16.5. The Kier molecular flexibility index (Phi) is 4.44. The molecule has 20 heavy (non-hydrogen) atoms. The Balaban J connectivity index is 2.37. The van der Waals surface area contributed by atoms with Crippen LogP contribution in [0.2, 0.25) is 0 Å². The number of esters is 1. The standard InChI is InChI=1S/C14H22N4O2/c1-10-9-17(2)5-4-6-18(10)13-12(14(19)20-3)7-11(15)8-16-13/h7-8,10H,4-6,9,15H2,1-3H3. The van der Waals surface area contributed by atoms with E-state index in [0.717, 1.165) is 26.1 Å². The highest BCUT2D eigenvalue weighted by Crippen LogP contribution is 2.24. The molecule has 110 valence electrons. The Bertz CT molecular complexity index is 492. The minimum absolute atomic E-state index is 0.280. The van der Waals surface area contributed by atoms with Gasteiger partial charge in [-0.25, -0.2) is 9.78 Å². The van der Waals surface area contributed by atoms with E-state index in [4.69, 9.17) is 10.5 Å². The monoisotopic (exact) mass is 278 g/mol. The van der Waals surface area contributed by atoms with Gasteiger partial charge in [0, 0.05) is 19.1 Å². The van der Waals surface area contributed by atoms with Crippen LogP contribution in [0, 0.1) is 0 Å². The second kappa shape index (κ2) is 6.09. The van der Waals surface area contributed by atoms with Crippen LogP contribution in [0.15, 0.2) is 12.3 Å². The third-order valence-corrected chi connectivity index (χ3v) is 3.61. The van der Waals surface area contributed by atoms with Crippen LogP contribution in [0.1, 0.15) is 23.7 Å². The van der Waals surface area contributed by atoms with Crippen LogP contribution >= 0.6 is 0 Å². The molecule has 0 radical (unpaired) electrons. The van der Waals surface area contributed by atoms with Crippen molar-refractivity contribution in [3.63, 3.8) is 0 Å². The summed E-state index contributed by atoms with van der Waals surface area (Å²) < 4.78 is 4.84. The smallest absolute Gasteiger partial charge is 0.341 e. The first-order chi connectivity index (χ1) is 9.52. The fourth-order valence-corrected chi connectivity index (χ4v) is 2.65. The van der Waals surface area contributed by atoms with Crippen LogP contribution in [0.5, 0.6) is 0 Å². The number of anilines is 2. The van der Waals surface area contributed by atoms with Gasteiger partial charge in [0.15, 0.2) is 0 Å². The molecule has 1 fully saturated rings. The third kappa shape index (κ3) is 3.01. The minimum Gasteiger partial charge on any atom is -0.465 e. The van der Waals surface area contributed by atoms with Gasteiger partial charge in [0.1, 0.15) is 11.4 Å². The Morgan fingerprint density at radius 1 is 1.50 bits per heavy atom. The summed E-state index contributed by atoms with van der Waals surface area (Å²) in [5.74, 6) is 0.262. The summed E-state index contributed by atoms with van der Waals surface area (Å²) in [5, 5.41) is 0. The normalized spacial score (nSPS) is 20.6. The Hall–Kier alpha value is -1.82. The average Bonchev–Trinajstić information content (AvgIpc) is 2.58. The number of methoxy groups -OCH3 is 1. The van der Waals surface area contributed by atoms with E-state index in [-0.39, 0.29) is 6.04 Å². The van der Waals surface area contributed by atoms with E-state index in [0.29, 0.717) is 17.1 Å². The Labute approximate surface area is 119 Å². The van der Waals surface area contributed by atoms with E-state index in [9.17, 15) is 4.79 Å². The van der Waals surface area contributed by atoms with Crippen molar-refractivity contribution in [1.82, 2.24) is 9.88 Å². The second-order valence-electron chi connectivity index (χ2n) is 5.29. The van der Waals surface area contributed by atoms with Gasteiger partial charge in [0.25, 0.3) is 0 Å². The second-order valence-corrected chi connectivity index (χ2v) is 5.29. The van der Waals surface area contributed by atoms with Crippen molar-refractivity contribution in [2.75, 3.05) is 44.4 Å². The molecule has 1 aliphatic heterocycles. The molecule has 6 nitrogen and oxygen atoms in total. The highest BCUT2D eigenvalue weighted by Gasteiger charge is 2.25. The van der Waals surface area contributed by atoms with Crippen molar-refractivity contribution in [1.29, 1.82) is 0 Å². The van der Waals surface area contributed by atoms with Crippen LogP contribution < -0.4 is 10.6 Å². The van der Waals surface area contributed by atoms with Gasteiger partial charge in [-0.05, 0) is 33.0 Å². The molecule has 0 saturated carbocycles. The number of nitrogen functional groups attached to an aromatic ring is 1. The summed E-state index contributed by atoms with van der Waals surface area (Å²) in [7, 11) is 3.48. The fourth-order valence-electron chi connectivity index (χ4n) is 2.65. The third-order valence-electron chi connectivity index (χ3n) is 3.61. The maximum atomic E-state index is 11.9. The zero-order valence-corrected chi connectivity index (χ0v) is 12.3. The van der Waals surface area contributed by atoms with Gasteiger partial charge < -0.3 is 20.3 Å². The summed E-state index contributed by atoms with van der Waals surface area (Å²) in [5.41, 5.74) is 6.64. The summed E-state index contributed by atoms with van der Waals surface area (Å²) in [4.78, 5) is 20.8. The maximum absolute atomic E-state index is 11.9. The molecule has 1 saturated heterocycles. The van der Waals surface area contributed by atoms with Crippen molar-refractivity contribution < 1.29 is 9.53 Å². The number of ether oxygens (including phenoxy) is 1. The maximum Gasteiger partial charge on any atom is 0.341 e. The van der Waals surface area contributed by atoms with E-state index < -0.39 is 5.97 Å². The molecule has 1 aliphatic rings. The van der Waals surface area contributed by atoms with Crippen LogP contribution in [0.4, 0.5) is 11.5 Å². The lowest BCUT2D eigenvalue weighted by Gasteiger charge is -2.30. The summed E-state index contributed by atoms with van der Waals surface area (Å²) in [6.45, 7) is 4.99. The molecule has 1 unspecified atom stereocenters. The number of aromatic nitrogens is 1. The largest absolute Gasteiger partial charge is 0.465 e. The number of carbonyl (C=O) groups excluding carboxylic acids is 1. The quantitative estimate of drug-likeness (QED) is 0.813. The van der Waals surface area contributed by atoms with Crippen LogP contribution in [0.25, 0.3) is 0 Å². The van der Waals surface area contributed by atoms with Crippen LogP contribution in [0.3, 0.4) is 0 Å². The number of likely N-dealkylation sites (N-methyl/N-ethyl adjacent to an activating group) is 1. The van der Waals surface area contributed by atoms with E-state index in [1.54, 1.807) is 12.3 Å². The minimum atomic E-state index is -0.399. The summed E-state index contributed by atoms with van der Waals surface area (Å²) >= 11 is 0. The molecule has 2 rings (SSSR count). The van der Waals surface area contributed by atoms with Gasteiger partial charge in [-0.1, -0.05) is 0 Å². The van der Waals surface area contributed by atoms with Crippen molar-refractivity contribution >= 4 is 17.5 Å². The van der Waals surface area contributed by atoms with Gasteiger partial charge in [-0.15, -0.1) is 0 Å². The lowest BCUT2D eigenvalue weighted by molar-refractivity contribution is 0.0601. The predicted octanol–water partition coefficient (Wildman–Crippen LogP) is 0.981. The molecular weight excluding hydrogens is 256 g/mol. The van der Waals surface area contributed by atoms with Crippen molar-refractivity contribution in [3.05, 3.63) is 17.8 Å². The zero-order chi connectivity index (χ0) is 14.7. The molecule has 6 heteroatoms. The number of pyridine rings is 1. The van der Waals surface area contributed by atoms with Crippen molar-refractivity contribution in [2.24, 2.45) is 0 Å². The van der Waals surface area contributed by atoms with E-state index in [1.165, 1.54) is 7.11 Å². The van der Waals surface area contributed by atoms with Crippen LogP contribution in [-0.4, -0.2) is 55.7 Å². The first-order valence-electron chi connectivity index (χ1n) is 6.82. The van der Waals surface area contributed by atoms with E-state index >= 15 is 0 Å². The molecule has 0 aliphatic carbocycles. The number of nitrogens with two attached hydrogens (primary N) is 1. The number of rotatable bonds is 2. The first-order valence-corrected chi connectivity index (χ1v) is 6.82. The SMILES string of the molecule is COC(=O)c1cc(N)cnc1N1CCCN(C)CC1C. The molecule has 2 heterocycles. The van der Waals surface area contributed by atoms with Gasteiger partial charge in [0.05, 0.1) is 19.0 Å². The topological polar surface area (TPSA) is 71.7 Å². The zero-order valence-electron chi connectivity index (χ0n) is 12.3. The highest BCUT2D eigenvalue weighted by molar-refractivity contribution is 5.95. The average molecular weight is 278 g/mol. The number of hydrogen-bond donors (Lipinski definition) is 1. The first kappa shape index (κ1) is 14.6. The Morgan fingerprint density at radius 2 is 2.25 bits per heavy atom. The number of carbonyl (C=O) groups is 1. The van der Waals surface area contributed by atoms with E-state index in [1.807, 2.05) is 0 Å². The fraction of sp³-hybridized carbons (Fsp3) is 0.571. The van der Waals surface area contributed by atoms with Crippen LogP contribution in [-0.2, 0) is 4.74 Å². The predicted molar refractivity (Wildman–Crippen MR) is 78.9 cm³/mol. The molecular formula is C14H22N4O2. The van der Waals surface area contributed by atoms with Crippen molar-refractivity contribution in [2.45, 2.75) is 19.4 Å². The molecule has 0 bridgehead atoms. The van der Waals surface area contributed by atoms with Gasteiger partial charge >= 0.3 is 5.97 Å². The molecule has 1 atom stereocenters. The number of hydrogen-bond acceptors (Lipinski definition) is 6. The summed E-state index contributed by atoms with van der Waals surface area (Å²) in [6.07, 6.45) is 2.62. The molecule has 0 spiro atoms. The Morgan fingerprint density at radius 3 is 2.95 bits per heavy atom. The lowest BCUT2D eigenvalue weighted by atomic mass is 10.2. The molecule has 0 aromatic carbocycles. The summed E-state index contributed by atoms with van der Waals surface area (Å²) in [6, 6.07) is 1.91. The molecule has 1 aromatic heterocycles. The van der Waals surface area contributed by atoms with Gasteiger partial charge in [0.2, 0.25) is 0 Å². The lowest BCUT2D eigenvalue weighted by Crippen LogP contribution is -2.39. The van der Waals surface area contributed by atoms with Crippen molar-refractivity contribution in [3.8, 4) is 0 Å². The number of nitrogens with zero attached hydrogens (tertiary/aromatic N) is 3. The molecule has 2 N–H and O–H groups in total. The van der Waals surface area contributed by atoms with Gasteiger partial charge in [-0.2, -0.15) is 0 Å².